The van der Waals surface area contributed by atoms with Gasteiger partial charge in [-0.05, 0) is 42.9 Å². The number of amides is 1. The Kier molecular flexibility index (Phi) is 4.04. The van der Waals surface area contributed by atoms with Crippen LogP contribution >= 0.6 is 0 Å². The zero-order chi connectivity index (χ0) is 14.8. The van der Waals surface area contributed by atoms with Gasteiger partial charge in [0.2, 0.25) is 0 Å². The van der Waals surface area contributed by atoms with Gasteiger partial charge >= 0.3 is 0 Å². The van der Waals surface area contributed by atoms with Crippen LogP contribution in [0, 0.1) is 11.8 Å². The molecule has 4 nitrogen and oxygen atoms in total. The van der Waals surface area contributed by atoms with Gasteiger partial charge in [0.25, 0.3) is 5.91 Å². The van der Waals surface area contributed by atoms with Crippen LogP contribution in [0.15, 0.2) is 18.2 Å². The molecule has 2 fully saturated rings. The van der Waals surface area contributed by atoms with Crippen LogP contribution in [0.5, 0.6) is 11.5 Å². The van der Waals surface area contributed by atoms with Crippen molar-refractivity contribution in [1.29, 1.82) is 0 Å². The predicted octanol–water partition coefficient (Wildman–Crippen LogP) is 2.97. The van der Waals surface area contributed by atoms with E-state index in [4.69, 9.17) is 9.47 Å². The molecule has 2 unspecified atom stereocenters. The monoisotopic (exact) mass is 289 g/mol. The van der Waals surface area contributed by atoms with Crippen molar-refractivity contribution in [2.45, 2.75) is 25.7 Å². The molecular weight excluding hydrogens is 266 g/mol. The van der Waals surface area contributed by atoms with Gasteiger partial charge in [-0.3, -0.25) is 4.79 Å². The van der Waals surface area contributed by atoms with Crippen molar-refractivity contribution in [3.05, 3.63) is 23.8 Å². The number of nitrogens with zero attached hydrogens (tertiary/aromatic N) is 1. The van der Waals surface area contributed by atoms with Crippen molar-refractivity contribution >= 4 is 5.91 Å². The van der Waals surface area contributed by atoms with Crippen LogP contribution < -0.4 is 9.47 Å². The number of methoxy groups -OCH3 is 2. The van der Waals surface area contributed by atoms with Gasteiger partial charge in [0.1, 0.15) is 0 Å². The van der Waals surface area contributed by atoms with E-state index in [0.29, 0.717) is 28.9 Å². The summed E-state index contributed by atoms with van der Waals surface area (Å²) in [7, 11) is 3.20. The van der Waals surface area contributed by atoms with Crippen LogP contribution in [0.25, 0.3) is 0 Å². The molecule has 1 aliphatic heterocycles. The lowest BCUT2D eigenvalue weighted by Crippen LogP contribution is -2.29. The molecule has 1 aliphatic carbocycles. The summed E-state index contributed by atoms with van der Waals surface area (Å²) in [6.45, 7) is 1.83. The highest BCUT2D eigenvalue weighted by molar-refractivity contribution is 5.95. The largest absolute Gasteiger partial charge is 0.493 e. The second-order valence-electron chi connectivity index (χ2n) is 6.08. The van der Waals surface area contributed by atoms with E-state index in [9.17, 15) is 4.79 Å². The van der Waals surface area contributed by atoms with Crippen molar-refractivity contribution in [3.8, 4) is 11.5 Å². The van der Waals surface area contributed by atoms with Gasteiger partial charge in [-0.25, -0.2) is 0 Å². The molecule has 114 valence electrons. The van der Waals surface area contributed by atoms with E-state index in [2.05, 4.69) is 0 Å². The molecule has 1 saturated heterocycles. The molecule has 3 rings (SSSR count). The lowest BCUT2D eigenvalue weighted by atomic mass is 9.82. The number of rotatable bonds is 3. The first-order chi connectivity index (χ1) is 10.2. The Morgan fingerprint density at radius 3 is 2.24 bits per heavy atom. The lowest BCUT2D eigenvalue weighted by molar-refractivity contribution is 0.0783. The Hall–Kier alpha value is -1.71. The molecule has 1 aromatic carbocycles. The third-order valence-electron chi connectivity index (χ3n) is 4.89. The smallest absolute Gasteiger partial charge is 0.254 e. The van der Waals surface area contributed by atoms with E-state index in [1.807, 2.05) is 11.0 Å². The first-order valence-corrected chi connectivity index (χ1v) is 7.74. The van der Waals surface area contributed by atoms with Gasteiger partial charge in [-0.1, -0.05) is 12.8 Å². The number of likely N-dealkylation sites (tertiary alicyclic amines) is 1. The van der Waals surface area contributed by atoms with Crippen LogP contribution in [0.4, 0.5) is 0 Å². The summed E-state index contributed by atoms with van der Waals surface area (Å²) < 4.78 is 10.5. The normalized spacial score (nSPS) is 24.6. The lowest BCUT2D eigenvalue weighted by Gasteiger charge is -2.22. The SMILES string of the molecule is COc1ccc(C(=O)N2CC3CCCCC3C2)cc1OC. The number of fused-ring (bicyclic) bond motifs is 1. The quantitative estimate of drug-likeness (QED) is 0.858. The van der Waals surface area contributed by atoms with Gasteiger partial charge < -0.3 is 14.4 Å². The van der Waals surface area contributed by atoms with Gasteiger partial charge in [-0.15, -0.1) is 0 Å². The molecule has 0 radical (unpaired) electrons. The van der Waals surface area contributed by atoms with Gasteiger partial charge in [-0.2, -0.15) is 0 Å². The first kappa shape index (κ1) is 14.2. The Morgan fingerprint density at radius 2 is 1.67 bits per heavy atom. The van der Waals surface area contributed by atoms with Crippen LogP contribution in [0.2, 0.25) is 0 Å². The summed E-state index contributed by atoms with van der Waals surface area (Å²) in [6, 6.07) is 5.41. The van der Waals surface area contributed by atoms with Crippen LogP contribution in [0.1, 0.15) is 36.0 Å². The minimum atomic E-state index is 0.116. The fraction of sp³-hybridized carbons (Fsp3) is 0.588. The number of carbonyl (C=O) groups is 1. The molecule has 21 heavy (non-hydrogen) atoms. The maximum Gasteiger partial charge on any atom is 0.254 e. The second kappa shape index (κ2) is 5.96. The molecular formula is C17H23NO3. The van der Waals surface area contributed by atoms with Crippen molar-refractivity contribution in [1.82, 2.24) is 4.90 Å². The average molecular weight is 289 g/mol. The summed E-state index contributed by atoms with van der Waals surface area (Å²) >= 11 is 0. The van der Waals surface area contributed by atoms with E-state index < -0.39 is 0 Å². The van der Waals surface area contributed by atoms with E-state index in [1.54, 1.807) is 26.4 Å². The highest BCUT2D eigenvalue weighted by Crippen LogP contribution is 2.37. The Morgan fingerprint density at radius 1 is 1.05 bits per heavy atom. The summed E-state index contributed by atoms with van der Waals surface area (Å²) in [5.74, 6) is 2.81. The molecule has 1 heterocycles. The zero-order valence-corrected chi connectivity index (χ0v) is 12.8. The van der Waals surface area contributed by atoms with Crippen molar-refractivity contribution in [2.75, 3.05) is 27.3 Å². The third kappa shape index (κ3) is 2.71. The summed E-state index contributed by atoms with van der Waals surface area (Å²) in [6.07, 6.45) is 5.19. The predicted molar refractivity (Wildman–Crippen MR) is 80.9 cm³/mol. The molecule has 2 atom stereocenters. The molecule has 0 bridgehead atoms. The highest BCUT2D eigenvalue weighted by atomic mass is 16.5. The van der Waals surface area contributed by atoms with Crippen LogP contribution in [-0.4, -0.2) is 38.1 Å². The third-order valence-corrected chi connectivity index (χ3v) is 4.89. The van der Waals surface area contributed by atoms with Gasteiger partial charge in [0.15, 0.2) is 11.5 Å². The number of benzene rings is 1. The number of hydrogen-bond acceptors (Lipinski definition) is 3. The Labute approximate surface area is 126 Å². The zero-order valence-electron chi connectivity index (χ0n) is 12.8. The molecule has 1 saturated carbocycles. The standard InChI is InChI=1S/C17H23NO3/c1-20-15-8-7-12(9-16(15)21-2)17(19)18-10-13-5-3-4-6-14(13)11-18/h7-9,13-14H,3-6,10-11H2,1-2H3. The molecule has 0 N–H and O–H groups in total. The summed E-state index contributed by atoms with van der Waals surface area (Å²) in [5.41, 5.74) is 0.686. The molecule has 1 amide bonds. The second-order valence-corrected chi connectivity index (χ2v) is 6.08. The van der Waals surface area contributed by atoms with Crippen molar-refractivity contribution in [2.24, 2.45) is 11.8 Å². The minimum Gasteiger partial charge on any atom is -0.493 e. The van der Waals surface area contributed by atoms with E-state index in [-0.39, 0.29) is 5.91 Å². The minimum absolute atomic E-state index is 0.116. The maximum absolute atomic E-state index is 12.7. The average Bonchev–Trinajstić information content (AvgIpc) is 2.97. The van der Waals surface area contributed by atoms with Crippen molar-refractivity contribution < 1.29 is 14.3 Å². The number of carbonyl (C=O) groups excluding carboxylic acids is 1. The number of ether oxygens (including phenoxy) is 2. The Balaban J connectivity index is 1.76. The van der Waals surface area contributed by atoms with Gasteiger partial charge in [0, 0.05) is 18.7 Å². The summed E-state index contributed by atoms with van der Waals surface area (Å²) in [5, 5.41) is 0. The van der Waals surface area contributed by atoms with Crippen LogP contribution in [0.3, 0.4) is 0 Å². The molecule has 4 heteroatoms. The van der Waals surface area contributed by atoms with Gasteiger partial charge in [0.05, 0.1) is 14.2 Å². The Bertz CT molecular complexity index is 515. The van der Waals surface area contributed by atoms with E-state index in [0.717, 1.165) is 13.1 Å². The first-order valence-electron chi connectivity index (χ1n) is 7.74. The van der Waals surface area contributed by atoms with Crippen molar-refractivity contribution in [3.63, 3.8) is 0 Å². The fourth-order valence-electron chi connectivity index (χ4n) is 3.72. The number of hydrogen-bond donors (Lipinski definition) is 0. The topological polar surface area (TPSA) is 38.8 Å². The fourth-order valence-corrected chi connectivity index (χ4v) is 3.72. The maximum atomic E-state index is 12.7. The van der Waals surface area contributed by atoms with E-state index >= 15 is 0 Å². The molecule has 1 aromatic rings. The molecule has 0 spiro atoms. The van der Waals surface area contributed by atoms with Crippen LogP contribution in [-0.2, 0) is 0 Å². The molecule has 0 aromatic heterocycles. The summed E-state index contributed by atoms with van der Waals surface area (Å²) in [4.78, 5) is 14.7. The van der Waals surface area contributed by atoms with E-state index in [1.165, 1.54) is 25.7 Å². The molecule has 2 aliphatic rings. The highest BCUT2D eigenvalue weighted by Gasteiger charge is 2.36.